The van der Waals surface area contributed by atoms with E-state index in [9.17, 15) is 14.4 Å². The highest BCUT2D eigenvalue weighted by Gasteiger charge is 2.47. The Bertz CT molecular complexity index is 644. The van der Waals surface area contributed by atoms with Crippen LogP contribution in [0.3, 0.4) is 0 Å². The summed E-state index contributed by atoms with van der Waals surface area (Å²) in [6, 6.07) is 9.70. The molecule has 0 spiro atoms. The lowest BCUT2D eigenvalue weighted by Gasteiger charge is -2.40. The van der Waals surface area contributed by atoms with Crippen LogP contribution in [0.15, 0.2) is 30.3 Å². The van der Waals surface area contributed by atoms with Gasteiger partial charge < -0.3 is 23.7 Å². The Kier molecular flexibility index (Phi) is 7.75. The Morgan fingerprint density at radius 2 is 1.52 bits per heavy atom. The van der Waals surface area contributed by atoms with Gasteiger partial charge in [-0.1, -0.05) is 30.3 Å². The molecule has 8 nitrogen and oxygen atoms in total. The van der Waals surface area contributed by atoms with Gasteiger partial charge in [-0.25, -0.2) is 0 Å². The third kappa shape index (κ3) is 6.65. The Labute approximate surface area is 157 Å². The summed E-state index contributed by atoms with van der Waals surface area (Å²) in [5.74, 6) is -1.76. The van der Waals surface area contributed by atoms with Crippen LogP contribution in [0.4, 0.5) is 0 Å². The molecule has 0 aliphatic carbocycles. The molecule has 0 aromatic heterocycles. The van der Waals surface area contributed by atoms with E-state index in [1.165, 1.54) is 20.8 Å². The second-order valence-corrected chi connectivity index (χ2v) is 6.10. The third-order valence-corrected chi connectivity index (χ3v) is 3.82. The van der Waals surface area contributed by atoms with Gasteiger partial charge in [0.15, 0.2) is 24.6 Å². The van der Waals surface area contributed by atoms with E-state index in [0.29, 0.717) is 13.0 Å². The zero-order chi connectivity index (χ0) is 19.8. The molecule has 0 saturated carbocycles. The van der Waals surface area contributed by atoms with Crippen LogP contribution in [0, 0.1) is 0 Å². The van der Waals surface area contributed by atoms with Gasteiger partial charge in [0.05, 0.1) is 13.2 Å². The zero-order valence-electron chi connectivity index (χ0n) is 15.6. The molecule has 1 heterocycles. The Hall–Kier alpha value is -2.45. The molecule has 1 aliphatic rings. The molecule has 2 rings (SSSR count). The Morgan fingerprint density at radius 1 is 0.926 bits per heavy atom. The lowest BCUT2D eigenvalue weighted by molar-refractivity contribution is -0.280. The number of benzene rings is 1. The lowest BCUT2D eigenvalue weighted by Crippen LogP contribution is -2.58. The summed E-state index contributed by atoms with van der Waals surface area (Å²) in [6.07, 6.45) is -3.30. The summed E-state index contributed by atoms with van der Waals surface area (Å²) < 4.78 is 27.0. The smallest absolute Gasteiger partial charge is 0.303 e. The van der Waals surface area contributed by atoms with Gasteiger partial charge >= 0.3 is 17.9 Å². The molecule has 1 aromatic rings. The van der Waals surface area contributed by atoms with Crippen molar-refractivity contribution in [1.29, 1.82) is 0 Å². The van der Waals surface area contributed by atoms with Crippen LogP contribution in [0.25, 0.3) is 0 Å². The third-order valence-electron chi connectivity index (χ3n) is 3.82. The Balaban J connectivity index is 2.08. The van der Waals surface area contributed by atoms with E-state index in [1.807, 2.05) is 30.3 Å². The first-order valence-electron chi connectivity index (χ1n) is 8.65. The monoisotopic (exact) mass is 380 g/mol. The maximum atomic E-state index is 11.5. The zero-order valence-corrected chi connectivity index (χ0v) is 15.6. The van der Waals surface area contributed by atoms with Gasteiger partial charge in [-0.3, -0.25) is 14.4 Å². The number of carbonyl (C=O) groups excluding carboxylic acids is 3. The maximum absolute atomic E-state index is 11.5. The highest BCUT2D eigenvalue weighted by Crippen LogP contribution is 2.25. The van der Waals surface area contributed by atoms with Gasteiger partial charge in [0.25, 0.3) is 0 Å². The van der Waals surface area contributed by atoms with Crippen molar-refractivity contribution < 1.29 is 38.1 Å². The summed E-state index contributed by atoms with van der Waals surface area (Å²) in [7, 11) is 0. The second-order valence-electron chi connectivity index (χ2n) is 6.10. The highest BCUT2D eigenvalue weighted by molar-refractivity contribution is 5.68. The van der Waals surface area contributed by atoms with Crippen molar-refractivity contribution in [1.82, 2.24) is 0 Å². The molecule has 1 fully saturated rings. The first kappa shape index (κ1) is 20.9. The average molecular weight is 380 g/mol. The fraction of sp³-hybridized carbons (Fsp3) is 0.526. The molecule has 0 N–H and O–H groups in total. The minimum Gasteiger partial charge on any atom is -0.456 e. The first-order chi connectivity index (χ1) is 12.9. The predicted octanol–water partition coefficient (Wildman–Crippen LogP) is 1.40. The summed E-state index contributed by atoms with van der Waals surface area (Å²) in [5.41, 5.74) is 1.08. The van der Waals surface area contributed by atoms with E-state index in [4.69, 9.17) is 23.7 Å². The van der Waals surface area contributed by atoms with Gasteiger partial charge in [0.2, 0.25) is 0 Å². The quantitative estimate of drug-likeness (QED) is 0.517. The van der Waals surface area contributed by atoms with Crippen molar-refractivity contribution in [3.8, 4) is 0 Å². The summed E-state index contributed by atoms with van der Waals surface area (Å²) in [6.45, 7) is 3.93. The van der Waals surface area contributed by atoms with E-state index in [2.05, 4.69) is 0 Å². The molecule has 0 unspecified atom stereocenters. The summed E-state index contributed by atoms with van der Waals surface area (Å²) in [5, 5.41) is 0. The van der Waals surface area contributed by atoms with Crippen molar-refractivity contribution in [2.75, 3.05) is 13.2 Å². The van der Waals surface area contributed by atoms with E-state index >= 15 is 0 Å². The van der Waals surface area contributed by atoms with Gasteiger partial charge in [-0.2, -0.15) is 0 Å². The molecule has 0 amide bonds. The topological polar surface area (TPSA) is 97.4 Å². The summed E-state index contributed by atoms with van der Waals surface area (Å²) in [4.78, 5) is 34.4. The Morgan fingerprint density at radius 3 is 2.11 bits per heavy atom. The van der Waals surface area contributed by atoms with E-state index in [1.54, 1.807) is 0 Å². The number of rotatable bonds is 7. The van der Waals surface area contributed by atoms with Crippen molar-refractivity contribution in [3.05, 3.63) is 35.9 Å². The average Bonchev–Trinajstić information content (AvgIpc) is 2.59. The fourth-order valence-electron chi connectivity index (χ4n) is 2.79. The van der Waals surface area contributed by atoms with Crippen LogP contribution in [0.5, 0.6) is 0 Å². The molecule has 148 valence electrons. The molecule has 0 radical (unpaired) electrons. The number of ether oxygens (including phenoxy) is 5. The molecule has 1 aromatic carbocycles. The minimum absolute atomic E-state index is 0.0503. The van der Waals surface area contributed by atoms with Crippen LogP contribution in [-0.4, -0.2) is 55.7 Å². The van der Waals surface area contributed by atoms with Crippen LogP contribution in [-0.2, 0) is 44.5 Å². The highest BCUT2D eigenvalue weighted by atomic mass is 16.7. The molecule has 0 bridgehead atoms. The van der Waals surface area contributed by atoms with Crippen LogP contribution >= 0.6 is 0 Å². The molecule has 4 atom stereocenters. The van der Waals surface area contributed by atoms with Gasteiger partial charge in [0, 0.05) is 20.8 Å². The van der Waals surface area contributed by atoms with E-state index in [-0.39, 0.29) is 6.61 Å². The normalized spacial score (nSPS) is 24.7. The molecule has 27 heavy (non-hydrogen) atoms. The van der Waals surface area contributed by atoms with Crippen molar-refractivity contribution in [3.63, 3.8) is 0 Å². The lowest BCUT2D eigenvalue weighted by atomic mass is 10.0. The second kappa shape index (κ2) is 10.0. The molecular formula is C19H24O8. The number of esters is 3. The van der Waals surface area contributed by atoms with E-state index < -0.39 is 42.5 Å². The number of hydrogen-bond acceptors (Lipinski definition) is 8. The first-order valence-corrected chi connectivity index (χ1v) is 8.65. The van der Waals surface area contributed by atoms with Crippen molar-refractivity contribution >= 4 is 17.9 Å². The minimum atomic E-state index is -1.06. The van der Waals surface area contributed by atoms with E-state index in [0.717, 1.165) is 5.56 Å². The standard InChI is InChI=1S/C19H24O8/c1-12(20)25-16-11-24-19(23-10-9-15-7-5-4-6-8-15)18(27-14(3)22)17(16)26-13(2)21/h4-8,16-19H,9-11H2,1-3H3/t16-,17+,18-,19-/m1/s1. The maximum Gasteiger partial charge on any atom is 0.303 e. The SMILES string of the molecule is CC(=O)O[C@@H]1[C@@H](OC(C)=O)[C@H](OCCc2ccccc2)OC[C@H]1OC(C)=O. The summed E-state index contributed by atoms with van der Waals surface area (Å²) >= 11 is 0. The van der Waals surface area contributed by atoms with Crippen molar-refractivity contribution in [2.24, 2.45) is 0 Å². The fourth-order valence-corrected chi connectivity index (χ4v) is 2.79. The molecular weight excluding hydrogens is 356 g/mol. The van der Waals surface area contributed by atoms with Crippen LogP contribution in [0.2, 0.25) is 0 Å². The van der Waals surface area contributed by atoms with Crippen molar-refractivity contribution in [2.45, 2.75) is 51.8 Å². The van der Waals surface area contributed by atoms with Gasteiger partial charge in [-0.05, 0) is 12.0 Å². The van der Waals surface area contributed by atoms with Crippen LogP contribution in [0.1, 0.15) is 26.3 Å². The van der Waals surface area contributed by atoms with Gasteiger partial charge in [0.1, 0.15) is 0 Å². The molecule has 8 heteroatoms. The van der Waals surface area contributed by atoms with Gasteiger partial charge in [-0.15, -0.1) is 0 Å². The number of hydrogen-bond donors (Lipinski definition) is 0. The van der Waals surface area contributed by atoms with Crippen LogP contribution < -0.4 is 0 Å². The molecule has 1 saturated heterocycles. The largest absolute Gasteiger partial charge is 0.456 e. The predicted molar refractivity (Wildman–Crippen MR) is 92.5 cm³/mol. The molecule has 1 aliphatic heterocycles. The number of carbonyl (C=O) groups is 3.